The number of methoxy groups -OCH3 is 1. The van der Waals surface area contributed by atoms with Crippen molar-refractivity contribution in [3.63, 3.8) is 0 Å². The van der Waals surface area contributed by atoms with Gasteiger partial charge in [-0.2, -0.15) is 0 Å². The van der Waals surface area contributed by atoms with E-state index in [0.717, 1.165) is 16.0 Å². The monoisotopic (exact) mass is 382 g/mol. The molecule has 0 radical (unpaired) electrons. The molecule has 27 heavy (non-hydrogen) atoms. The Morgan fingerprint density at radius 2 is 2.11 bits per heavy atom. The maximum atomic E-state index is 14.1. The maximum Gasteiger partial charge on any atom is 0.281 e. The van der Waals surface area contributed by atoms with Gasteiger partial charge in [-0.25, -0.2) is 9.29 Å². The third kappa shape index (κ3) is 3.17. The molecule has 2 aromatic carbocycles. The summed E-state index contributed by atoms with van der Waals surface area (Å²) < 4.78 is 25.0. The van der Waals surface area contributed by atoms with Gasteiger partial charge in [0.2, 0.25) is 0 Å². The fourth-order valence-corrected chi connectivity index (χ4v) is 3.24. The summed E-state index contributed by atoms with van der Waals surface area (Å²) in [6, 6.07) is 11.5. The SMILES string of the molecule is COc1ccc2c(c1)OCC(/C=C1\NC(=S)N(c3ccccc3F)C1=O)=C2. The molecule has 1 N–H and O–H groups in total. The first-order valence-electron chi connectivity index (χ1n) is 8.20. The van der Waals surface area contributed by atoms with Crippen LogP contribution in [0.1, 0.15) is 5.56 Å². The van der Waals surface area contributed by atoms with Gasteiger partial charge in [0.1, 0.15) is 29.6 Å². The number of ether oxygens (including phenoxy) is 2. The highest BCUT2D eigenvalue weighted by Crippen LogP contribution is 2.31. The van der Waals surface area contributed by atoms with Crippen molar-refractivity contribution in [1.82, 2.24) is 5.32 Å². The van der Waals surface area contributed by atoms with Crippen molar-refractivity contribution in [2.24, 2.45) is 0 Å². The molecule has 1 fully saturated rings. The molecule has 0 saturated carbocycles. The van der Waals surface area contributed by atoms with Crippen LogP contribution in [0.25, 0.3) is 6.08 Å². The first-order valence-corrected chi connectivity index (χ1v) is 8.61. The zero-order valence-corrected chi connectivity index (χ0v) is 15.2. The zero-order chi connectivity index (χ0) is 19.0. The van der Waals surface area contributed by atoms with E-state index in [1.165, 1.54) is 12.1 Å². The highest BCUT2D eigenvalue weighted by Gasteiger charge is 2.33. The van der Waals surface area contributed by atoms with Gasteiger partial charge in [0.25, 0.3) is 5.91 Å². The minimum absolute atomic E-state index is 0.120. The Kier molecular flexibility index (Phi) is 4.37. The van der Waals surface area contributed by atoms with E-state index < -0.39 is 11.7 Å². The van der Waals surface area contributed by atoms with Crippen molar-refractivity contribution in [1.29, 1.82) is 0 Å². The van der Waals surface area contributed by atoms with Gasteiger partial charge in [0.05, 0.1) is 12.8 Å². The fraction of sp³-hybridized carbons (Fsp3) is 0.100. The summed E-state index contributed by atoms with van der Waals surface area (Å²) in [7, 11) is 1.60. The molecule has 2 heterocycles. The van der Waals surface area contributed by atoms with E-state index in [2.05, 4.69) is 5.32 Å². The minimum Gasteiger partial charge on any atom is -0.497 e. The van der Waals surface area contributed by atoms with Crippen LogP contribution in [0.5, 0.6) is 11.5 Å². The smallest absolute Gasteiger partial charge is 0.281 e. The maximum absolute atomic E-state index is 14.1. The molecule has 0 aliphatic carbocycles. The van der Waals surface area contributed by atoms with Crippen LogP contribution in [0, 0.1) is 5.82 Å². The van der Waals surface area contributed by atoms with E-state index >= 15 is 0 Å². The number of benzene rings is 2. The third-order valence-corrected chi connectivity index (χ3v) is 4.54. The number of fused-ring (bicyclic) bond motifs is 1. The Balaban J connectivity index is 1.63. The van der Waals surface area contributed by atoms with Crippen molar-refractivity contribution >= 4 is 35.0 Å². The zero-order valence-electron chi connectivity index (χ0n) is 14.4. The summed E-state index contributed by atoms with van der Waals surface area (Å²) in [6.45, 7) is 0.297. The second-order valence-electron chi connectivity index (χ2n) is 5.99. The summed E-state index contributed by atoms with van der Waals surface area (Å²) >= 11 is 5.22. The number of carbonyl (C=O) groups is 1. The van der Waals surface area contributed by atoms with Crippen molar-refractivity contribution in [2.45, 2.75) is 0 Å². The number of nitrogens with one attached hydrogen (secondary N) is 1. The van der Waals surface area contributed by atoms with E-state index in [1.807, 2.05) is 24.3 Å². The van der Waals surface area contributed by atoms with Crippen LogP contribution in [0.4, 0.5) is 10.1 Å². The van der Waals surface area contributed by atoms with E-state index in [0.29, 0.717) is 18.1 Å². The summed E-state index contributed by atoms with van der Waals surface area (Å²) in [5.41, 5.74) is 2.07. The summed E-state index contributed by atoms with van der Waals surface area (Å²) in [5, 5.41) is 2.99. The summed E-state index contributed by atoms with van der Waals surface area (Å²) in [4.78, 5) is 13.9. The molecule has 1 amide bonds. The molecular weight excluding hydrogens is 367 g/mol. The Hall–Kier alpha value is -3.19. The molecule has 0 spiro atoms. The minimum atomic E-state index is -0.515. The third-order valence-electron chi connectivity index (χ3n) is 4.26. The molecule has 136 valence electrons. The normalized spacial score (nSPS) is 17.3. The van der Waals surface area contributed by atoms with Crippen molar-refractivity contribution < 1.29 is 18.7 Å². The van der Waals surface area contributed by atoms with E-state index in [4.69, 9.17) is 21.7 Å². The number of hydrogen-bond acceptors (Lipinski definition) is 4. The highest BCUT2D eigenvalue weighted by atomic mass is 32.1. The molecule has 2 aliphatic rings. The number of hydrogen-bond donors (Lipinski definition) is 1. The molecule has 2 aliphatic heterocycles. The molecule has 0 aromatic heterocycles. The van der Waals surface area contributed by atoms with E-state index in [-0.39, 0.29) is 16.5 Å². The number of anilines is 1. The molecule has 0 atom stereocenters. The van der Waals surface area contributed by atoms with Gasteiger partial charge in [-0.1, -0.05) is 12.1 Å². The van der Waals surface area contributed by atoms with Crippen LogP contribution in [0.2, 0.25) is 0 Å². The topological polar surface area (TPSA) is 50.8 Å². The average Bonchev–Trinajstić information content (AvgIpc) is 2.95. The van der Waals surface area contributed by atoms with Crippen LogP contribution in [-0.2, 0) is 4.79 Å². The van der Waals surface area contributed by atoms with Gasteiger partial charge in [-0.05, 0) is 54.2 Å². The Bertz CT molecular complexity index is 1020. The lowest BCUT2D eigenvalue weighted by molar-refractivity contribution is -0.113. The number of para-hydroxylation sites is 1. The summed E-state index contributed by atoms with van der Waals surface area (Å²) in [6.07, 6.45) is 3.59. The average molecular weight is 382 g/mol. The summed E-state index contributed by atoms with van der Waals surface area (Å²) in [5.74, 6) is 0.499. The molecule has 1 saturated heterocycles. The van der Waals surface area contributed by atoms with Gasteiger partial charge in [-0.15, -0.1) is 0 Å². The quantitative estimate of drug-likeness (QED) is 0.651. The van der Waals surface area contributed by atoms with Crippen LogP contribution in [0.3, 0.4) is 0 Å². The Labute approximate surface area is 160 Å². The fourth-order valence-electron chi connectivity index (χ4n) is 2.94. The predicted molar refractivity (Wildman–Crippen MR) is 104 cm³/mol. The van der Waals surface area contributed by atoms with E-state index in [9.17, 15) is 9.18 Å². The lowest BCUT2D eigenvalue weighted by Crippen LogP contribution is -2.31. The Morgan fingerprint density at radius 1 is 1.30 bits per heavy atom. The largest absolute Gasteiger partial charge is 0.497 e. The number of nitrogens with zero attached hydrogens (tertiary/aromatic N) is 1. The molecule has 0 bridgehead atoms. The first-order chi connectivity index (χ1) is 13.1. The van der Waals surface area contributed by atoms with Gasteiger partial charge >= 0.3 is 0 Å². The van der Waals surface area contributed by atoms with E-state index in [1.54, 1.807) is 25.3 Å². The van der Waals surface area contributed by atoms with Gasteiger partial charge in [-0.3, -0.25) is 4.79 Å². The number of rotatable bonds is 3. The number of halogens is 1. The van der Waals surface area contributed by atoms with Crippen LogP contribution in [0.15, 0.2) is 59.8 Å². The highest BCUT2D eigenvalue weighted by molar-refractivity contribution is 7.80. The number of thiocarbonyl (C=S) groups is 1. The lowest BCUT2D eigenvalue weighted by Gasteiger charge is -2.17. The molecule has 7 heteroatoms. The lowest BCUT2D eigenvalue weighted by atomic mass is 10.1. The molecule has 5 nitrogen and oxygen atoms in total. The van der Waals surface area contributed by atoms with Crippen LogP contribution in [-0.4, -0.2) is 24.7 Å². The predicted octanol–water partition coefficient (Wildman–Crippen LogP) is 3.42. The Morgan fingerprint density at radius 3 is 2.89 bits per heavy atom. The standard InChI is InChI=1S/C20H15FN2O3S/c1-25-14-7-6-13-8-12(11-26-18(13)10-14)9-16-19(24)23(20(27)22-16)17-5-3-2-4-15(17)21/h2-10H,11H2,1H3,(H,22,27)/b16-9-. The van der Waals surface area contributed by atoms with Crippen molar-refractivity contribution in [3.05, 3.63) is 71.2 Å². The molecule has 2 aromatic rings. The second kappa shape index (κ2) is 6.85. The number of amides is 1. The van der Waals surface area contributed by atoms with Crippen LogP contribution >= 0.6 is 12.2 Å². The van der Waals surface area contributed by atoms with Gasteiger partial charge in [0.15, 0.2) is 5.11 Å². The van der Waals surface area contributed by atoms with Gasteiger partial charge < -0.3 is 14.8 Å². The molecular formula is C20H15FN2O3S. The van der Waals surface area contributed by atoms with Gasteiger partial charge in [0, 0.05) is 11.6 Å². The second-order valence-corrected chi connectivity index (χ2v) is 6.38. The van der Waals surface area contributed by atoms with Crippen molar-refractivity contribution in [3.8, 4) is 11.5 Å². The first kappa shape index (κ1) is 17.2. The van der Waals surface area contributed by atoms with Crippen molar-refractivity contribution in [2.75, 3.05) is 18.6 Å². The van der Waals surface area contributed by atoms with Crippen LogP contribution < -0.4 is 19.7 Å². The number of carbonyl (C=O) groups excluding carboxylic acids is 1. The molecule has 4 rings (SSSR count). The molecule has 0 unspecified atom stereocenters.